The van der Waals surface area contributed by atoms with Gasteiger partial charge in [-0.1, -0.05) is 27.7 Å². The van der Waals surface area contributed by atoms with Crippen LogP contribution in [0.15, 0.2) is 6.20 Å². The molecule has 1 heterocycles. The quantitative estimate of drug-likeness (QED) is 0.675. The second kappa shape index (κ2) is 10.5. The predicted molar refractivity (Wildman–Crippen MR) is 102 cm³/mol. The Bertz CT molecular complexity index is 502. The van der Waals surface area contributed by atoms with Gasteiger partial charge in [0.2, 0.25) is 0 Å². The average molecular weight is 337 g/mol. The van der Waals surface area contributed by atoms with Crippen LogP contribution < -0.4 is 5.32 Å². The highest BCUT2D eigenvalue weighted by molar-refractivity contribution is 5.96. The van der Waals surface area contributed by atoms with Crippen LogP contribution in [0.2, 0.25) is 0 Å². The van der Waals surface area contributed by atoms with Crippen LogP contribution in [0.4, 0.5) is 0 Å². The van der Waals surface area contributed by atoms with Crippen LogP contribution >= 0.6 is 0 Å². The number of aryl methyl sites for hydroxylation is 1. The van der Waals surface area contributed by atoms with Gasteiger partial charge in [-0.2, -0.15) is 0 Å². The molecule has 1 rings (SSSR count). The molecular formula is C19H36N4O. The number of hydrogen-bond donors (Lipinski definition) is 1. The van der Waals surface area contributed by atoms with Crippen molar-refractivity contribution in [2.75, 3.05) is 45.8 Å². The molecule has 0 bridgehead atoms. The molecule has 0 unspecified atom stereocenters. The molecule has 1 amide bonds. The highest BCUT2D eigenvalue weighted by Crippen LogP contribution is 2.16. The number of amides is 1. The number of aromatic nitrogens is 1. The van der Waals surface area contributed by atoms with Crippen molar-refractivity contribution in [1.82, 2.24) is 19.7 Å². The second-order valence-corrected chi connectivity index (χ2v) is 6.28. The van der Waals surface area contributed by atoms with Gasteiger partial charge in [0.25, 0.3) is 5.91 Å². The fraction of sp³-hybridized carbons (Fsp3) is 0.737. The van der Waals surface area contributed by atoms with E-state index in [0.717, 1.165) is 62.6 Å². The largest absolute Gasteiger partial charge is 0.351 e. The maximum atomic E-state index is 12.6. The highest BCUT2D eigenvalue weighted by Gasteiger charge is 2.17. The van der Waals surface area contributed by atoms with Crippen molar-refractivity contribution < 1.29 is 4.79 Å². The summed E-state index contributed by atoms with van der Waals surface area (Å²) in [5, 5.41) is 3.08. The highest BCUT2D eigenvalue weighted by atomic mass is 16.1. The Labute approximate surface area is 148 Å². The fourth-order valence-electron chi connectivity index (χ4n) is 3.14. The average Bonchev–Trinajstić information content (AvgIpc) is 2.86. The van der Waals surface area contributed by atoms with Crippen molar-refractivity contribution in [3.63, 3.8) is 0 Å². The molecule has 0 atom stereocenters. The van der Waals surface area contributed by atoms with E-state index in [2.05, 4.69) is 60.5 Å². The number of carbonyl (C=O) groups is 1. The molecule has 0 aliphatic heterocycles. The third-order valence-corrected chi connectivity index (χ3v) is 4.92. The van der Waals surface area contributed by atoms with Gasteiger partial charge in [-0.25, -0.2) is 0 Å². The Hall–Kier alpha value is -1.33. The van der Waals surface area contributed by atoms with Crippen LogP contribution in [0, 0.1) is 13.8 Å². The minimum Gasteiger partial charge on any atom is -0.351 e. The smallest absolute Gasteiger partial charge is 0.253 e. The molecule has 24 heavy (non-hydrogen) atoms. The molecule has 0 radical (unpaired) electrons. The molecule has 0 saturated carbocycles. The van der Waals surface area contributed by atoms with Crippen molar-refractivity contribution in [2.45, 2.75) is 48.1 Å². The number of carbonyl (C=O) groups excluding carboxylic acids is 1. The predicted octanol–water partition coefficient (Wildman–Crippen LogP) is 2.52. The van der Waals surface area contributed by atoms with Gasteiger partial charge in [0.1, 0.15) is 0 Å². The summed E-state index contributed by atoms with van der Waals surface area (Å²) >= 11 is 0. The van der Waals surface area contributed by atoms with E-state index >= 15 is 0 Å². The lowest BCUT2D eigenvalue weighted by Gasteiger charge is -2.19. The molecule has 138 valence electrons. The van der Waals surface area contributed by atoms with Gasteiger partial charge in [0, 0.05) is 38.1 Å². The first kappa shape index (κ1) is 20.7. The van der Waals surface area contributed by atoms with Gasteiger partial charge in [-0.15, -0.1) is 0 Å². The molecule has 0 saturated heterocycles. The first-order valence-corrected chi connectivity index (χ1v) is 9.37. The van der Waals surface area contributed by atoms with E-state index in [-0.39, 0.29) is 5.91 Å². The van der Waals surface area contributed by atoms with Crippen LogP contribution in [0.1, 0.15) is 49.3 Å². The zero-order valence-corrected chi connectivity index (χ0v) is 16.5. The minimum absolute atomic E-state index is 0.0544. The summed E-state index contributed by atoms with van der Waals surface area (Å²) in [6.45, 7) is 20.5. The first-order valence-electron chi connectivity index (χ1n) is 9.37. The minimum atomic E-state index is 0.0544. The molecule has 0 fully saturated rings. The summed E-state index contributed by atoms with van der Waals surface area (Å²) in [4.78, 5) is 17.3. The third-order valence-electron chi connectivity index (χ3n) is 4.92. The summed E-state index contributed by atoms with van der Waals surface area (Å²) < 4.78 is 2.22. The van der Waals surface area contributed by atoms with E-state index in [9.17, 15) is 4.79 Å². The van der Waals surface area contributed by atoms with E-state index in [4.69, 9.17) is 0 Å². The van der Waals surface area contributed by atoms with Crippen LogP contribution in [0.5, 0.6) is 0 Å². The fourth-order valence-corrected chi connectivity index (χ4v) is 3.14. The SMILES string of the molecule is CCN(CC)CCNC(=O)c1c(C)cn(CCN(CC)CC)c1C. The molecule has 1 aromatic rings. The number of nitrogens with zero attached hydrogens (tertiary/aromatic N) is 3. The molecular weight excluding hydrogens is 300 g/mol. The standard InChI is InChI=1S/C19H36N4O/c1-7-21(8-2)12-11-20-19(24)18-16(5)15-23(17(18)6)14-13-22(9-3)10-4/h15H,7-14H2,1-6H3,(H,20,24). The molecule has 5 nitrogen and oxygen atoms in total. The Morgan fingerprint density at radius 2 is 1.54 bits per heavy atom. The topological polar surface area (TPSA) is 40.5 Å². The third kappa shape index (κ3) is 5.64. The maximum absolute atomic E-state index is 12.6. The Balaban J connectivity index is 2.66. The van der Waals surface area contributed by atoms with Gasteiger partial charge in [-0.3, -0.25) is 4.79 Å². The van der Waals surface area contributed by atoms with Crippen molar-refractivity contribution >= 4 is 5.91 Å². The monoisotopic (exact) mass is 336 g/mol. The van der Waals surface area contributed by atoms with Crippen molar-refractivity contribution in [2.24, 2.45) is 0 Å². The van der Waals surface area contributed by atoms with Crippen LogP contribution in [-0.2, 0) is 6.54 Å². The molecule has 1 N–H and O–H groups in total. The van der Waals surface area contributed by atoms with Gasteiger partial charge >= 0.3 is 0 Å². The van der Waals surface area contributed by atoms with Crippen molar-refractivity contribution in [3.05, 3.63) is 23.0 Å². The summed E-state index contributed by atoms with van der Waals surface area (Å²) in [6, 6.07) is 0. The molecule has 0 spiro atoms. The molecule has 0 aromatic carbocycles. The summed E-state index contributed by atoms with van der Waals surface area (Å²) in [5.41, 5.74) is 2.97. The molecule has 0 aliphatic carbocycles. The molecule has 0 aliphatic rings. The van der Waals surface area contributed by atoms with Crippen molar-refractivity contribution in [3.8, 4) is 0 Å². The van der Waals surface area contributed by atoms with E-state index in [1.165, 1.54) is 0 Å². The summed E-state index contributed by atoms with van der Waals surface area (Å²) in [5.74, 6) is 0.0544. The number of likely N-dealkylation sites (N-methyl/N-ethyl adjacent to an activating group) is 2. The maximum Gasteiger partial charge on any atom is 0.253 e. The zero-order chi connectivity index (χ0) is 18.1. The Kier molecular flexibility index (Phi) is 9.08. The Morgan fingerprint density at radius 1 is 1.00 bits per heavy atom. The van der Waals surface area contributed by atoms with E-state index in [1.54, 1.807) is 0 Å². The second-order valence-electron chi connectivity index (χ2n) is 6.28. The van der Waals surface area contributed by atoms with Gasteiger partial charge < -0.3 is 19.7 Å². The van der Waals surface area contributed by atoms with Gasteiger partial charge in [-0.05, 0) is 45.6 Å². The van der Waals surface area contributed by atoms with Gasteiger partial charge in [0.05, 0.1) is 5.56 Å². The zero-order valence-electron chi connectivity index (χ0n) is 16.5. The lowest BCUT2D eigenvalue weighted by Crippen LogP contribution is -2.35. The first-order chi connectivity index (χ1) is 11.5. The summed E-state index contributed by atoms with van der Waals surface area (Å²) in [6.07, 6.45) is 2.11. The number of rotatable bonds is 11. The van der Waals surface area contributed by atoms with Crippen LogP contribution in [0.25, 0.3) is 0 Å². The van der Waals surface area contributed by atoms with Crippen molar-refractivity contribution in [1.29, 1.82) is 0 Å². The van der Waals surface area contributed by atoms with E-state index in [0.29, 0.717) is 6.54 Å². The van der Waals surface area contributed by atoms with Crippen LogP contribution in [0.3, 0.4) is 0 Å². The van der Waals surface area contributed by atoms with E-state index < -0.39 is 0 Å². The lowest BCUT2D eigenvalue weighted by molar-refractivity contribution is 0.0947. The number of hydrogen-bond acceptors (Lipinski definition) is 3. The number of nitrogens with one attached hydrogen (secondary N) is 1. The summed E-state index contributed by atoms with van der Waals surface area (Å²) in [7, 11) is 0. The van der Waals surface area contributed by atoms with E-state index in [1.807, 2.05) is 6.92 Å². The van der Waals surface area contributed by atoms with Gasteiger partial charge in [0.15, 0.2) is 0 Å². The molecule has 1 aromatic heterocycles. The van der Waals surface area contributed by atoms with Crippen LogP contribution in [-0.4, -0.2) is 66.1 Å². The Morgan fingerprint density at radius 3 is 2.08 bits per heavy atom. The normalized spacial score (nSPS) is 11.5. The lowest BCUT2D eigenvalue weighted by atomic mass is 10.1. The molecule has 5 heteroatoms.